The predicted molar refractivity (Wildman–Crippen MR) is 156 cm³/mol. The largest absolute Gasteiger partial charge is 0.350 e. The van der Waals surface area contributed by atoms with Crippen LogP contribution in [0.3, 0.4) is 0 Å². The van der Waals surface area contributed by atoms with E-state index in [0.717, 1.165) is 21.0 Å². The highest BCUT2D eigenvalue weighted by molar-refractivity contribution is 7.92. The Labute approximate surface area is 232 Å². The molecule has 0 heterocycles. The number of nitrogens with zero attached hydrogens (tertiary/aromatic N) is 2. The number of sulfonamides is 1. The van der Waals surface area contributed by atoms with Gasteiger partial charge in [-0.2, -0.15) is 0 Å². The van der Waals surface area contributed by atoms with Crippen molar-refractivity contribution in [3.8, 4) is 0 Å². The molecule has 2 amide bonds. The Morgan fingerprint density at radius 3 is 2.05 bits per heavy atom. The molecule has 1 atom stereocenters. The zero-order valence-electron chi connectivity index (χ0n) is 23.6. The third-order valence-corrected chi connectivity index (χ3v) is 8.01. The molecular weight excluding hydrogens is 510 g/mol. The molecule has 7 nitrogen and oxygen atoms in total. The summed E-state index contributed by atoms with van der Waals surface area (Å²) in [5.41, 5.74) is 2.64. The van der Waals surface area contributed by atoms with Gasteiger partial charge in [0.05, 0.1) is 10.6 Å². The van der Waals surface area contributed by atoms with Gasteiger partial charge in [0.1, 0.15) is 12.6 Å². The van der Waals surface area contributed by atoms with Crippen molar-refractivity contribution < 1.29 is 18.0 Å². The lowest BCUT2D eigenvalue weighted by atomic mass is 10.0. The van der Waals surface area contributed by atoms with Gasteiger partial charge in [0.25, 0.3) is 10.0 Å². The summed E-state index contributed by atoms with van der Waals surface area (Å²) in [6.07, 6.45) is 0.370. The van der Waals surface area contributed by atoms with Gasteiger partial charge in [0.15, 0.2) is 0 Å². The summed E-state index contributed by atoms with van der Waals surface area (Å²) < 4.78 is 28.8. The number of amides is 2. The molecular formula is C31H39N3O4S. The summed E-state index contributed by atoms with van der Waals surface area (Å²) in [6.45, 7) is 11.1. The third kappa shape index (κ3) is 7.93. The van der Waals surface area contributed by atoms with Gasteiger partial charge in [-0.05, 0) is 76.4 Å². The standard InChI is InChI=1S/C31H39N3O4S/c1-7-28(30(36)32-31(4,5)6)33(21-25-15-11-13-23(2)19-25)29(35)22-34(26-16-12-14-24(3)20-26)39(37,38)27-17-9-8-10-18-27/h8-20,28H,7,21-22H2,1-6H3,(H,32,36)/t28-/m1/s1. The van der Waals surface area contributed by atoms with Gasteiger partial charge in [-0.3, -0.25) is 13.9 Å². The van der Waals surface area contributed by atoms with E-state index in [-0.39, 0.29) is 17.3 Å². The third-order valence-electron chi connectivity index (χ3n) is 6.22. The number of rotatable bonds is 10. The first-order valence-corrected chi connectivity index (χ1v) is 14.6. The average molecular weight is 550 g/mol. The van der Waals surface area contributed by atoms with Crippen molar-refractivity contribution >= 4 is 27.5 Å². The second kappa shape index (κ2) is 12.5. The minimum atomic E-state index is -4.08. The molecule has 0 unspecified atom stereocenters. The average Bonchev–Trinajstić information content (AvgIpc) is 2.86. The number of hydrogen-bond donors (Lipinski definition) is 1. The van der Waals surface area contributed by atoms with Crippen molar-refractivity contribution in [3.05, 3.63) is 95.6 Å². The Kier molecular flexibility index (Phi) is 9.56. The van der Waals surface area contributed by atoms with Crippen LogP contribution >= 0.6 is 0 Å². The summed E-state index contributed by atoms with van der Waals surface area (Å²) in [5, 5.41) is 2.99. The van der Waals surface area contributed by atoms with Gasteiger partial charge in [-0.1, -0.05) is 67.1 Å². The van der Waals surface area contributed by atoms with E-state index in [1.807, 2.05) is 71.9 Å². The van der Waals surface area contributed by atoms with Crippen LogP contribution in [-0.2, 0) is 26.2 Å². The number of anilines is 1. The number of aryl methyl sites for hydroxylation is 2. The SMILES string of the molecule is CC[C@H](C(=O)NC(C)(C)C)N(Cc1cccc(C)c1)C(=O)CN(c1cccc(C)c1)S(=O)(=O)c1ccccc1. The maximum absolute atomic E-state index is 14.1. The molecule has 3 aromatic rings. The monoisotopic (exact) mass is 549 g/mol. The highest BCUT2D eigenvalue weighted by atomic mass is 32.2. The molecule has 208 valence electrons. The van der Waals surface area contributed by atoms with Crippen LogP contribution in [0.15, 0.2) is 83.8 Å². The summed E-state index contributed by atoms with van der Waals surface area (Å²) in [4.78, 5) is 29.0. The van der Waals surface area contributed by atoms with Crippen LogP contribution in [0.25, 0.3) is 0 Å². The maximum Gasteiger partial charge on any atom is 0.264 e. The molecule has 0 aromatic heterocycles. The minimum absolute atomic E-state index is 0.0852. The fraction of sp³-hybridized carbons (Fsp3) is 0.355. The van der Waals surface area contributed by atoms with Crippen molar-refractivity contribution in [1.82, 2.24) is 10.2 Å². The Bertz CT molecular complexity index is 1400. The van der Waals surface area contributed by atoms with E-state index in [4.69, 9.17) is 0 Å². The highest BCUT2D eigenvalue weighted by Crippen LogP contribution is 2.25. The topological polar surface area (TPSA) is 86.8 Å². The van der Waals surface area contributed by atoms with Crippen molar-refractivity contribution in [2.75, 3.05) is 10.8 Å². The second-order valence-electron chi connectivity index (χ2n) is 10.8. The van der Waals surface area contributed by atoms with E-state index >= 15 is 0 Å². The molecule has 0 bridgehead atoms. The Hall–Kier alpha value is -3.65. The maximum atomic E-state index is 14.1. The van der Waals surface area contributed by atoms with Gasteiger partial charge in [-0.15, -0.1) is 0 Å². The van der Waals surface area contributed by atoms with Gasteiger partial charge in [0, 0.05) is 12.1 Å². The molecule has 0 aliphatic carbocycles. The van der Waals surface area contributed by atoms with E-state index < -0.39 is 34.1 Å². The molecule has 0 fully saturated rings. The van der Waals surface area contributed by atoms with Crippen LogP contribution in [0.5, 0.6) is 0 Å². The van der Waals surface area contributed by atoms with Crippen molar-refractivity contribution in [2.45, 2.75) is 71.0 Å². The van der Waals surface area contributed by atoms with Gasteiger partial charge in [-0.25, -0.2) is 8.42 Å². The van der Waals surface area contributed by atoms with Gasteiger partial charge in [0.2, 0.25) is 11.8 Å². The van der Waals surface area contributed by atoms with Crippen LogP contribution in [0, 0.1) is 13.8 Å². The number of carbonyl (C=O) groups excluding carboxylic acids is 2. The number of hydrogen-bond acceptors (Lipinski definition) is 4. The normalized spacial score (nSPS) is 12.5. The lowest BCUT2D eigenvalue weighted by molar-refractivity contribution is -0.141. The number of nitrogens with one attached hydrogen (secondary N) is 1. The zero-order valence-corrected chi connectivity index (χ0v) is 24.5. The summed E-state index contributed by atoms with van der Waals surface area (Å²) in [7, 11) is -4.08. The van der Waals surface area contributed by atoms with Crippen LogP contribution < -0.4 is 9.62 Å². The minimum Gasteiger partial charge on any atom is -0.350 e. The smallest absolute Gasteiger partial charge is 0.264 e. The molecule has 3 aromatic carbocycles. The molecule has 8 heteroatoms. The quantitative estimate of drug-likeness (QED) is 0.376. The van der Waals surface area contributed by atoms with Crippen LogP contribution in [0.1, 0.15) is 50.8 Å². The Morgan fingerprint density at radius 1 is 0.872 bits per heavy atom. The van der Waals surface area contributed by atoms with E-state index in [1.54, 1.807) is 36.4 Å². The molecule has 1 N–H and O–H groups in total. The molecule has 3 rings (SSSR count). The van der Waals surface area contributed by atoms with E-state index in [0.29, 0.717) is 12.1 Å². The van der Waals surface area contributed by atoms with Crippen LogP contribution in [-0.4, -0.2) is 43.3 Å². The van der Waals surface area contributed by atoms with Crippen molar-refractivity contribution in [3.63, 3.8) is 0 Å². The van der Waals surface area contributed by atoms with Crippen LogP contribution in [0.2, 0.25) is 0 Å². The molecule has 0 spiro atoms. The van der Waals surface area contributed by atoms with Crippen LogP contribution in [0.4, 0.5) is 5.69 Å². The molecule has 0 radical (unpaired) electrons. The zero-order chi connectivity index (χ0) is 28.8. The predicted octanol–water partition coefficient (Wildman–Crippen LogP) is 5.22. The fourth-order valence-corrected chi connectivity index (χ4v) is 5.84. The summed E-state index contributed by atoms with van der Waals surface area (Å²) in [6, 6.07) is 22.1. The van der Waals surface area contributed by atoms with Gasteiger partial charge >= 0.3 is 0 Å². The summed E-state index contributed by atoms with van der Waals surface area (Å²) in [5.74, 6) is -0.743. The highest BCUT2D eigenvalue weighted by Gasteiger charge is 2.34. The lowest BCUT2D eigenvalue weighted by Crippen LogP contribution is -2.55. The Balaban J connectivity index is 2.07. The number of carbonyl (C=O) groups is 2. The van der Waals surface area contributed by atoms with E-state index in [2.05, 4.69) is 5.32 Å². The molecule has 0 aliphatic heterocycles. The second-order valence-corrected chi connectivity index (χ2v) is 12.7. The molecule has 0 saturated carbocycles. The fourth-order valence-electron chi connectivity index (χ4n) is 4.41. The van der Waals surface area contributed by atoms with E-state index in [9.17, 15) is 18.0 Å². The van der Waals surface area contributed by atoms with E-state index in [1.165, 1.54) is 17.0 Å². The first-order valence-electron chi connectivity index (χ1n) is 13.1. The number of benzene rings is 3. The molecule has 0 saturated heterocycles. The first kappa shape index (κ1) is 29.9. The Morgan fingerprint density at radius 2 is 1.49 bits per heavy atom. The van der Waals surface area contributed by atoms with Crippen molar-refractivity contribution in [1.29, 1.82) is 0 Å². The van der Waals surface area contributed by atoms with Crippen molar-refractivity contribution in [2.24, 2.45) is 0 Å². The summed E-state index contributed by atoms with van der Waals surface area (Å²) >= 11 is 0. The molecule has 0 aliphatic rings. The van der Waals surface area contributed by atoms with Gasteiger partial charge < -0.3 is 10.2 Å². The lowest BCUT2D eigenvalue weighted by Gasteiger charge is -2.35. The first-order chi connectivity index (χ1) is 18.3. The molecule has 39 heavy (non-hydrogen) atoms.